The Morgan fingerprint density at radius 1 is 0.556 bits per heavy atom. The van der Waals surface area contributed by atoms with Gasteiger partial charge in [0.25, 0.3) is 0 Å². The molecule has 2 aromatic heterocycles. The van der Waals surface area contributed by atoms with Crippen LogP contribution in [0.15, 0.2) is 12.7 Å². The van der Waals surface area contributed by atoms with Crippen LogP contribution in [0.4, 0.5) is 23.8 Å². The third kappa shape index (κ3) is 16.0. The molecule has 0 aliphatic carbocycles. The number of anilines is 4. The van der Waals surface area contributed by atoms with Gasteiger partial charge in [0.2, 0.25) is 23.8 Å². The maximum absolute atomic E-state index is 7.93. The van der Waals surface area contributed by atoms with Gasteiger partial charge in [0.05, 0.1) is 0 Å². The fourth-order valence-corrected chi connectivity index (χ4v) is 9.59. The highest BCUT2D eigenvalue weighted by Gasteiger charge is 2.38. The first-order valence-corrected chi connectivity index (χ1v) is 20.8. The van der Waals surface area contributed by atoms with Gasteiger partial charge < -0.3 is 31.9 Å². The minimum atomic E-state index is 0.0175. The number of rotatable bonds is 23. The van der Waals surface area contributed by atoms with Gasteiger partial charge in [0.1, 0.15) is 12.7 Å². The van der Waals surface area contributed by atoms with E-state index in [4.69, 9.17) is 11.5 Å². The predicted octanol–water partition coefficient (Wildman–Crippen LogP) is 6.72. The molecule has 4 heterocycles. The van der Waals surface area contributed by atoms with Crippen molar-refractivity contribution in [3.05, 3.63) is 12.7 Å². The van der Waals surface area contributed by atoms with E-state index in [9.17, 15) is 0 Å². The van der Waals surface area contributed by atoms with Crippen molar-refractivity contribution in [3.8, 4) is 0 Å². The van der Waals surface area contributed by atoms with Crippen LogP contribution < -0.4 is 43.4 Å². The van der Waals surface area contributed by atoms with Crippen molar-refractivity contribution >= 4 is 23.8 Å². The molecular weight excluding hydrogens is 677 g/mol. The second-order valence-corrected chi connectivity index (χ2v) is 18.8. The van der Waals surface area contributed by atoms with Crippen molar-refractivity contribution in [1.29, 1.82) is 0 Å². The van der Waals surface area contributed by atoms with Crippen molar-refractivity contribution < 1.29 is 0 Å². The normalized spacial score (nSPS) is 20.6. The molecule has 2 aliphatic rings. The molecule has 2 radical (unpaired) electrons. The topological polar surface area (TPSA) is 197 Å². The lowest BCUT2D eigenvalue weighted by atomic mass is 9.74. The van der Waals surface area contributed by atoms with Crippen LogP contribution in [0.2, 0.25) is 0 Å². The average molecular weight is 751 g/mol. The molecule has 2 unspecified atom stereocenters. The van der Waals surface area contributed by atoms with Gasteiger partial charge >= 0.3 is 0 Å². The lowest BCUT2D eigenvalue weighted by Crippen LogP contribution is -2.57. The van der Waals surface area contributed by atoms with Crippen LogP contribution in [0.3, 0.4) is 0 Å². The number of unbranched alkanes of at least 4 members (excludes halogenated alkanes) is 2. The molecule has 0 spiro atoms. The van der Waals surface area contributed by atoms with E-state index in [1.54, 1.807) is 12.7 Å². The summed E-state index contributed by atoms with van der Waals surface area (Å²) in [5.74, 6) is 3.68. The summed E-state index contributed by atoms with van der Waals surface area (Å²) in [6.45, 7) is 20.8. The molecular formula is C40H74N14. The van der Waals surface area contributed by atoms with Gasteiger partial charge in [-0.1, -0.05) is 25.7 Å². The van der Waals surface area contributed by atoms with E-state index in [2.05, 4.69) is 117 Å². The van der Waals surface area contributed by atoms with Crippen LogP contribution in [-0.2, 0) is 0 Å². The second-order valence-electron chi connectivity index (χ2n) is 18.8. The van der Waals surface area contributed by atoms with E-state index in [0.29, 0.717) is 49.7 Å². The minimum Gasteiger partial charge on any atom is -0.354 e. The molecule has 2 aromatic rings. The van der Waals surface area contributed by atoms with E-state index in [1.165, 1.54) is 51.4 Å². The first kappa shape index (κ1) is 43.8. The van der Waals surface area contributed by atoms with Crippen LogP contribution in [-0.4, -0.2) is 90.3 Å². The lowest BCUT2D eigenvalue weighted by molar-refractivity contribution is 0.121. The SMILES string of the molecule is CC1(C)CC(CCCCNc2ncnc(NC(CC[NH])CCC(CC[NH])Nc3ncnc(NCCCCC4CC(C)(C)NC(C)(C)C4)n3)n2)CC(C)(C)N1. The van der Waals surface area contributed by atoms with Gasteiger partial charge in [-0.05, 0) is 131 Å². The number of aromatic nitrogens is 6. The van der Waals surface area contributed by atoms with E-state index >= 15 is 0 Å². The fraction of sp³-hybridized carbons (Fsp3) is 0.850. The van der Waals surface area contributed by atoms with E-state index in [0.717, 1.165) is 50.6 Å². The highest BCUT2D eigenvalue weighted by Crippen LogP contribution is 2.36. The molecule has 14 heteroatoms. The third-order valence-corrected chi connectivity index (χ3v) is 10.9. The van der Waals surface area contributed by atoms with Crippen LogP contribution in [0.25, 0.3) is 0 Å². The Bertz CT molecular complexity index is 1250. The van der Waals surface area contributed by atoms with Gasteiger partial charge in [0, 0.05) is 60.4 Å². The fourth-order valence-electron chi connectivity index (χ4n) is 9.59. The van der Waals surface area contributed by atoms with Crippen LogP contribution >= 0.6 is 0 Å². The summed E-state index contributed by atoms with van der Waals surface area (Å²) in [4.78, 5) is 26.7. The predicted molar refractivity (Wildman–Crippen MR) is 222 cm³/mol. The highest BCUT2D eigenvalue weighted by molar-refractivity contribution is 5.34. The van der Waals surface area contributed by atoms with Gasteiger partial charge in [-0.15, -0.1) is 0 Å². The van der Waals surface area contributed by atoms with Crippen molar-refractivity contribution in [1.82, 2.24) is 52.0 Å². The summed E-state index contributed by atoms with van der Waals surface area (Å²) >= 11 is 0. The summed E-state index contributed by atoms with van der Waals surface area (Å²) in [6, 6.07) is 0.0349. The molecule has 2 aliphatic heterocycles. The summed E-state index contributed by atoms with van der Waals surface area (Å²) in [5, 5.41) is 21.3. The molecule has 4 rings (SSSR count). The zero-order chi connectivity index (χ0) is 39.2. The first-order chi connectivity index (χ1) is 25.5. The molecule has 14 nitrogen and oxygen atoms in total. The Labute approximate surface area is 326 Å². The Hall–Kier alpha value is -2.94. The molecule has 0 bridgehead atoms. The number of nitrogens with zero attached hydrogens (tertiary/aromatic N) is 6. The van der Waals surface area contributed by atoms with E-state index in [1.807, 2.05) is 0 Å². The Morgan fingerprint density at radius 2 is 0.907 bits per heavy atom. The summed E-state index contributed by atoms with van der Waals surface area (Å²) in [6.07, 6.45) is 17.9. The van der Waals surface area contributed by atoms with Crippen molar-refractivity contribution in [3.63, 3.8) is 0 Å². The zero-order valence-electron chi connectivity index (χ0n) is 34.9. The van der Waals surface area contributed by atoms with Crippen molar-refractivity contribution in [2.45, 2.75) is 180 Å². The quantitative estimate of drug-likeness (QED) is 0.0657. The van der Waals surface area contributed by atoms with Crippen molar-refractivity contribution in [2.24, 2.45) is 11.8 Å². The first-order valence-electron chi connectivity index (χ1n) is 20.8. The molecule has 8 N–H and O–H groups in total. The smallest absolute Gasteiger partial charge is 0.227 e. The zero-order valence-corrected chi connectivity index (χ0v) is 34.9. The lowest BCUT2D eigenvalue weighted by Gasteiger charge is -2.46. The van der Waals surface area contributed by atoms with E-state index < -0.39 is 0 Å². The molecule has 54 heavy (non-hydrogen) atoms. The number of nitrogens with one attached hydrogen (secondary N) is 8. The standard InChI is InChI=1S/C40H74N14/c1-37(2)23-29(24-38(3,4)53-37)13-9-11-21-43-33-45-27-47-35(51-33)49-31(17-19-41)15-16-32(18-20-42)50-36-48-28-46-34(52-36)44-22-12-10-14-30-25-39(5,6)54-40(7,8)26-30/h27-32,41-42,53-54H,9-26H2,1-8H3,(H2,43,45,47,49,51)(H2,44,46,48,50,52). The van der Waals surface area contributed by atoms with Gasteiger partial charge in [-0.2, -0.15) is 9.97 Å². The van der Waals surface area contributed by atoms with Crippen molar-refractivity contribution in [2.75, 3.05) is 47.4 Å². The van der Waals surface area contributed by atoms with Crippen LogP contribution in [0, 0.1) is 11.8 Å². The molecule has 2 fully saturated rings. The second kappa shape index (κ2) is 20.3. The maximum atomic E-state index is 7.93. The summed E-state index contributed by atoms with van der Waals surface area (Å²) < 4.78 is 0. The Kier molecular flexibility index (Phi) is 16.5. The highest BCUT2D eigenvalue weighted by atomic mass is 15.2. The van der Waals surface area contributed by atoms with E-state index in [-0.39, 0.29) is 34.2 Å². The molecule has 0 saturated carbocycles. The van der Waals surface area contributed by atoms with Gasteiger partial charge in [-0.3, -0.25) is 11.5 Å². The maximum Gasteiger partial charge on any atom is 0.227 e. The summed E-state index contributed by atoms with van der Waals surface area (Å²) in [7, 11) is 0. The molecule has 0 amide bonds. The third-order valence-electron chi connectivity index (χ3n) is 10.9. The molecule has 2 atom stereocenters. The number of piperidine rings is 2. The van der Waals surface area contributed by atoms with Crippen LogP contribution in [0.1, 0.15) is 145 Å². The number of hydrogen-bond acceptors (Lipinski definition) is 12. The van der Waals surface area contributed by atoms with Gasteiger partial charge in [0.15, 0.2) is 0 Å². The Balaban J connectivity index is 1.18. The Morgan fingerprint density at radius 3 is 1.26 bits per heavy atom. The molecule has 0 aromatic carbocycles. The van der Waals surface area contributed by atoms with Crippen LogP contribution in [0.5, 0.6) is 0 Å². The van der Waals surface area contributed by atoms with Gasteiger partial charge in [-0.25, -0.2) is 19.9 Å². The minimum absolute atomic E-state index is 0.0175. The summed E-state index contributed by atoms with van der Waals surface area (Å²) in [5.41, 5.74) is 16.6. The largest absolute Gasteiger partial charge is 0.354 e. The number of hydrogen-bond donors (Lipinski definition) is 6. The average Bonchev–Trinajstić information content (AvgIpc) is 3.04. The molecule has 304 valence electrons. The monoisotopic (exact) mass is 751 g/mol. The molecule has 2 saturated heterocycles.